The lowest BCUT2D eigenvalue weighted by molar-refractivity contribution is 0.628. The molecule has 11 heavy (non-hydrogen) atoms. The molecule has 58 valence electrons. The van der Waals surface area contributed by atoms with Crippen LogP contribution in [0, 0.1) is 11.2 Å². The molecule has 0 fully saturated rings. The van der Waals surface area contributed by atoms with Crippen LogP contribution in [0.5, 0.6) is 0 Å². The highest BCUT2D eigenvalue weighted by atomic mass is 32.2. The van der Waals surface area contributed by atoms with E-state index < -0.39 is 0 Å². The molecule has 0 aromatic heterocycles. The fourth-order valence-electron chi connectivity index (χ4n) is 0.719. The highest BCUT2D eigenvalue weighted by Gasteiger charge is 1.97. The molecule has 0 radical (unpaired) electrons. The summed E-state index contributed by atoms with van der Waals surface area (Å²) in [7, 11) is 0. The molecule has 3 heteroatoms. The normalized spacial score (nSPS) is 9.64. The fraction of sp³-hybridized carbons (Fsp3) is 0.125. The minimum Gasteiger partial charge on any atom is -0.293 e. The van der Waals surface area contributed by atoms with E-state index in [1.807, 2.05) is 6.26 Å². The summed E-state index contributed by atoms with van der Waals surface area (Å²) < 4.78 is 12.4. The Bertz CT molecular complexity index is 255. The molecule has 1 nitrogen and oxygen atoms in total. The topological polar surface area (TPSA) is 23.9 Å². The van der Waals surface area contributed by atoms with Gasteiger partial charge in [0.2, 0.25) is 0 Å². The van der Waals surface area contributed by atoms with Gasteiger partial charge in [0.25, 0.3) is 0 Å². The predicted octanol–water partition coefficient (Wildman–Crippen LogP) is 2.51. The highest BCUT2D eigenvalue weighted by molar-refractivity contribution is 8.13. The first-order valence-electron chi connectivity index (χ1n) is 3.12. The number of hydrogen-bond acceptors (Lipinski definition) is 2. The molecule has 0 aliphatic rings. The van der Waals surface area contributed by atoms with Crippen molar-refractivity contribution in [2.24, 2.45) is 0 Å². The Kier molecular flexibility index (Phi) is 2.65. The summed E-state index contributed by atoms with van der Waals surface area (Å²) in [6, 6.07) is 5.93. The second-order valence-corrected chi connectivity index (χ2v) is 2.86. The molecule has 0 aliphatic carbocycles. The Hall–Kier alpha value is -0.830. The summed E-state index contributed by atoms with van der Waals surface area (Å²) in [4.78, 5) is 0. The van der Waals surface area contributed by atoms with Gasteiger partial charge in [0.1, 0.15) is 5.82 Å². The molecule has 1 N–H and O–H groups in total. The van der Waals surface area contributed by atoms with Crippen molar-refractivity contribution in [2.45, 2.75) is 0 Å². The van der Waals surface area contributed by atoms with Crippen molar-refractivity contribution in [3.63, 3.8) is 0 Å². The molecule has 0 amide bonds. The van der Waals surface area contributed by atoms with Crippen LogP contribution in [-0.2, 0) is 0 Å². The van der Waals surface area contributed by atoms with Crippen LogP contribution < -0.4 is 0 Å². The quantitative estimate of drug-likeness (QED) is 0.507. The van der Waals surface area contributed by atoms with Gasteiger partial charge in [0.15, 0.2) is 0 Å². The van der Waals surface area contributed by atoms with E-state index in [0.717, 1.165) is 5.56 Å². The van der Waals surface area contributed by atoms with E-state index in [2.05, 4.69) is 0 Å². The number of nitrogens with one attached hydrogen (secondary N) is 1. The van der Waals surface area contributed by atoms with Gasteiger partial charge in [-0.25, -0.2) is 4.39 Å². The summed E-state index contributed by atoms with van der Waals surface area (Å²) in [5, 5.41) is 7.85. The maximum Gasteiger partial charge on any atom is 0.123 e. The SMILES string of the molecule is CSC(=N)c1ccc(F)cc1. The van der Waals surface area contributed by atoms with Gasteiger partial charge in [-0.2, -0.15) is 0 Å². The van der Waals surface area contributed by atoms with Gasteiger partial charge in [-0.3, -0.25) is 5.41 Å². The Balaban J connectivity index is 2.90. The molecule has 0 bridgehead atoms. The van der Waals surface area contributed by atoms with Crippen molar-refractivity contribution in [2.75, 3.05) is 6.26 Å². The summed E-state index contributed by atoms with van der Waals surface area (Å²) in [6.07, 6.45) is 1.83. The summed E-state index contributed by atoms with van der Waals surface area (Å²) >= 11 is 1.34. The van der Waals surface area contributed by atoms with Crippen LogP contribution in [0.1, 0.15) is 5.56 Å². The molecular formula is C8H8FNS. The second-order valence-electron chi connectivity index (χ2n) is 2.04. The molecule has 0 unspecified atom stereocenters. The van der Waals surface area contributed by atoms with E-state index >= 15 is 0 Å². The number of hydrogen-bond donors (Lipinski definition) is 1. The minimum atomic E-state index is -0.261. The number of rotatable bonds is 1. The third-order valence-electron chi connectivity index (χ3n) is 1.31. The Labute approximate surface area is 69.1 Å². The van der Waals surface area contributed by atoms with E-state index in [1.54, 1.807) is 12.1 Å². The first-order valence-corrected chi connectivity index (χ1v) is 4.35. The van der Waals surface area contributed by atoms with Crippen LogP contribution in [0.25, 0.3) is 0 Å². The number of halogens is 1. The van der Waals surface area contributed by atoms with E-state index in [1.165, 1.54) is 23.9 Å². The first-order chi connectivity index (χ1) is 5.24. The molecule has 1 aromatic carbocycles. The monoisotopic (exact) mass is 169 g/mol. The molecule has 0 spiro atoms. The van der Waals surface area contributed by atoms with Gasteiger partial charge in [0, 0.05) is 5.56 Å². The summed E-state index contributed by atoms with van der Waals surface area (Å²) in [5.41, 5.74) is 0.763. The highest BCUT2D eigenvalue weighted by Crippen LogP contribution is 2.09. The fourth-order valence-corrected chi connectivity index (χ4v) is 1.09. The van der Waals surface area contributed by atoms with E-state index in [0.29, 0.717) is 5.04 Å². The Morgan fingerprint density at radius 1 is 1.36 bits per heavy atom. The maximum atomic E-state index is 12.4. The van der Waals surface area contributed by atoms with Crippen LogP contribution in [0.4, 0.5) is 4.39 Å². The molecule has 0 atom stereocenters. The Morgan fingerprint density at radius 3 is 2.36 bits per heavy atom. The zero-order valence-corrected chi connectivity index (χ0v) is 6.91. The van der Waals surface area contributed by atoms with Crippen LogP contribution in [0.15, 0.2) is 24.3 Å². The average molecular weight is 169 g/mol. The standard InChI is InChI=1S/C8H8FNS/c1-11-8(10)6-2-4-7(9)5-3-6/h2-5,10H,1H3. The average Bonchev–Trinajstić information content (AvgIpc) is 2.05. The van der Waals surface area contributed by atoms with Gasteiger partial charge in [-0.15, -0.1) is 11.8 Å². The van der Waals surface area contributed by atoms with Crippen molar-refractivity contribution in [1.82, 2.24) is 0 Å². The molecule has 0 saturated carbocycles. The lowest BCUT2D eigenvalue weighted by Gasteiger charge is -1.98. The largest absolute Gasteiger partial charge is 0.293 e. The third kappa shape index (κ3) is 2.05. The molecule has 0 aliphatic heterocycles. The van der Waals surface area contributed by atoms with Crippen LogP contribution in [0.2, 0.25) is 0 Å². The van der Waals surface area contributed by atoms with Gasteiger partial charge >= 0.3 is 0 Å². The zero-order chi connectivity index (χ0) is 8.27. The van der Waals surface area contributed by atoms with Gasteiger partial charge in [-0.1, -0.05) is 0 Å². The molecular weight excluding hydrogens is 161 g/mol. The van der Waals surface area contributed by atoms with E-state index in [-0.39, 0.29) is 5.82 Å². The van der Waals surface area contributed by atoms with Crippen molar-refractivity contribution in [1.29, 1.82) is 5.41 Å². The number of thioether (sulfide) groups is 1. The smallest absolute Gasteiger partial charge is 0.123 e. The van der Waals surface area contributed by atoms with E-state index in [9.17, 15) is 4.39 Å². The molecule has 1 rings (SSSR count). The lowest BCUT2D eigenvalue weighted by Crippen LogP contribution is -1.91. The van der Waals surface area contributed by atoms with Crippen molar-refractivity contribution < 1.29 is 4.39 Å². The minimum absolute atomic E-state index is 0.261. The van der Waals surface area contributed by atoms with Gasteiger partial charge in [0.05, 0.1) is 5.04 Å². The van der Waals surface area contributed by atoms with Crippen LogP contribution in [0.3, 0.4) is 0 Å². The maximum absolute atomic E-state index is 12.4. The van der Waals surface area contributed by atoms with E-state index in [4.69, 9.17) is 5.41 Å². The van der Waals surface area contributed by atoms with Crippen LogP contribution in [-0.4, -0.2) is 11.3 Å². The summed E-state index contributed by atoms with van der Waals surface area (Å²) in [5.74, 6) is -0.261. The number of benzene rings is 1. The third-order valence-corrected chi connectivity index (χ3v) is 1.95. The zero-order valence-electron chi connectivity index (χ0n) is 6.10. The molecule has 0 heterocycles. The van der Waals surface area contributed by atoms with Crippen LogP contribution >= 0.6 is 11.8 Å². The predicted molar refractivity (Wildman–Crippen MR) is 46.7 cm³/mol. The van der Waals surface area contributed by atoms with Gasteiger partial charge < -0.3 is 0 Å². The van der Waals surface area contributed by atoms with Crippen molar-refractivity contribution in [3.05, 3.63) is 35.6 Å². The summed E-state index contributed by atoms with van der Waals surface area (Å²) in [6.45, 7) is 0. The lowest BCUT2D eigenvalue weighted by atomic mass is 10.2. The molecule has 1 aromatic rings. The van der Waals surface area contributed by atoms with Crippen molar-refractivity contribution in [3.8, 4) is 0 Å². The second kappa shape index (κ2) is 3.53. The van der Waals surface area contributed by atoms with Crippen molar-refractivity contribution >= 4 is 16.8 Å². The molecule has 0 saturated heterocycles. The van der Waals surface area contributed by atoms with Gasteiger partial charge in [-0.05, 0) is 30.5 Å². The Morgan fingerprint density at radius 2 is 1.91 bits per heavy atom. The first kappa shape index (κ1) is 8.27.